The average molecular weight is 274 g/mol. The molecular weight excluding hydrogens is 248 g/mol. The molecule has 2 aliphatic heterocycles. The van der Waals surface area contributed by atoms with Crippen LogP contribution in [0.3, 0.4) is 0 Å². The van der Waals surface area contributed by atoms with Crippen LogP contribution >= 0.6 is 0 Å². The Bertz CT molecular complexity index is 440. The van der Waals surface area contributed by atoms with Crippen molar-refractivity contribution in [2.75, 3.05) is 32.8 Å². The second-order valence-electron chi connectivity index (χ2n) is 6.51. The minimum Gasteiger partial charge on any atom is -0.381 e. The van der Waals surface area contributed by atoms with Crippen molar-refractivity contribution in [3.63, 3.8) is 0 Å². The fourth-order valence-electron chi connectivity index (χ4n) is 3.33. The normalized spacial score (nSPS) is 25.1. The molecule has 3 rings (SSSR count). The van der Waals surface area contributed by atoms with E-state index in [-0.39, 0.29) is 0 Å². The van der Waals surface area contributed by atoms with Crippen molar-refractivity contribution in [2.24, 2.45) is 5.41 Å². The molecular formula is C17H26N2O. The summed E-state index contributed by atoms with van der Waals surface area (Å²) >= 11 is 0. The van der Waals surface area contributed by atoms with Gasteiger partial charge in [-0.25, -0.2) is 0 Å². The van der Waals surface area contributed by atoms with Crippen LogP contribution in [0.15, 0.2) is 24.3 Å². The molecule has 110 valence electrons. The van der Waals surface area contributed by atoms with Crippen LogP contribution in [0.1, 0.15) is 36.9 Å². The van der Waals surface area contributed by atoms with Gasteiger partial charge in [-0.15, -0.1) is 0 Å². The lowest BCUT2D eigenvalue weighted by Crippen LogP contribution is -2.42. The van der Waals surface area contributed by atoms with Crippen LogP contribution in [-0.2, 0) is 11.2 Å². The largest absolute Gasteiger partial charge is 0.381 e. The third-order valence-corrected chi connectivity index (χ3v) is 4.82. The Labute approximate surface area is 122 Å². The number of hydrogen-bond donors (Lipinski definition) is 2. The van der Waals surface area contributed by atoms with Gasteiger partial charge in [0.25, 0.3) is 0 Å². The second-order valence-corrected chi connectivity index (χ2v) is 6.51. The van der Waals surface area contributed by atoms with E-state index < -0.39 is 0 Å². The van der Waals surface area contributed by atoms with Gasteiger partial charge in [0, 0.05) is 32.3 Å². The third-order valence-electron chi connectivity index (χ3n) is 4.82. The van der Waals surface area contributed by atoms with Gasteiger partial charge in [-0.2, -0.15) is 0 Å². The van der Waals surface area contributed by atoms with Gasteiger partial charge in [-0.1, -0.05) is 31.2 Å². The summed E-state index contributed by atoms with van der Waals surface area (Å²) in [6, 6.07) is 9.30. The van der Waals surface area contributed by atoms with Gasteiger partial charge in [0.05, 0.1) is 0 Å². The predicted octanol–water partition coefficient (Wildman–Crippen LogP) is 2.28. The maximum atomic E-state index is 5.47. The molecule has 1 aromatic carbocycles. The zero-order valence-electron chi connectivity index (χ0n) is 12.5. The SMILES string of the molecule is CC1(CNCC2NCCc3ccccc32)CCOCC1. The summed E-state index contributed by atoms with van der Waals surface area (Å²) in [5, 5.41) is 7.33. The first-order chi connectivity index (χ1) is 9.77. The van der Waals surface area contributed by atoms with Crippen molar-refractivity contribution in [3.8, 4) is 0 Å². The molecule has 0 saturated carbocycles. The predicted molar refractivity (Wildman–Crippen MR) is 81.9 cm³/mol. The first-order valence-electron chi connectivity index (χ1n) is 7.87. The third kappa shape index (κ3) is 3.22. The van der Waals surface area contributed by atoms with E-state index in [4.69, 9.17) is 4.74 Å². The maximum Gasteiger partial charge on any atom is 0.0471 e. The molecule has 0 spiro atoms. The van der Waals surface area contributed by atoms with Crippen LogP contribution in [0.5, 0.6) is 0 Å². The first kappa shape index (κ1) is 14.1. The van der Waals surface area contributed by atoms with E-state index >= 15 is 0 Å². The van der Waals surface area contributed by atoms with Crippen LogP contribution < -0.4 is 10.6 Å². The molecule has 0 amide bonds. The van der Waals surface area contributed by atoms with Crippen LogP contribution in [0.2, 0.25) is 0 Å². The molecule has 0 aromatic heterocycles. The molecule has 0 bridgehead atoms. The molecule has 20 heavy (non-hydrogen) atoms. The van der Waals surface area contributed by atoms with E-state index in [0.29, 0.717) is 11.5 Å². The highest BCUT2D eigenvalue weighted by Gasteiger charge is 2.27. The van der Waals surface area contributed by atoms with Crippen LogP contribution in [-0.4, -0.2) is 32.8 Å². The first-order valence-corrected chi connectivity index (χ1v) is 7.87. The Morgan fingerprint density at radius 3 is 2.95 bits per heavy atom. The second kappa shape index (κ2) is 6.25. The summed E-state index contributed by atoms with van der Waals surface area (Å²) in [5.74, 6) is 0. The van der Waals surface area contributed by atoms with Crippen molar-refractivity contribution >= 4 is 0 Å². The number of benzene rings is 1. The molecule has 2 heterocycles. The van der Waals surface area contributed by atoms with E-state index in [1.165, 1.54) is 24.0 Å². The average Bonchev–Trinajstić information content (AvgIpc) is 2.48. The lowest BCUT2D eigenvalue weighted by atomic mass is 9.82. The minimum atomic E-state index is 0.409. The molecule has 1 fully saturated rings. The van der Waals surface area contributed by atoms with Crippen LogP contribution in [0, 0.1) is 5.41 Å². The molecule has 1 atom stereocenters. The van der Waals surface area contributed by atoms with Gasteiger partial charge in [-0.3, -0.25) is 0 Å². The van der Waals surface area contributed by atoms with E-state index in [1.807, 2.05) is 0 Å². The van der Waals surface area contributed by atoms with Crippen molar-refractivity contribution < 1.29 is 4.74 Å². The van der Waals surface area contributed by atoms with Gasteiger partial charge in [0.1, 0.15) is 0 Å². The molecule has 2 aliphatic rings. The topological polar surface area (TPSA) is 33.3 Å². The highest BCUT2D eigenvalue weighted by molar-refractivity contribution is 5.32. The van der Waals surface area contributed by atoms with Gasteiger partial charge >= 0.3 is 0 Å². The molecule has 2 N–H and O–H groups in total. The fraction of sp³-hybridized carbons (Fsp3) is 0.647. The number of nitrogens with one attached hydrogen (secondary N) is 2. The summed E-state index contributed by atoms with van der Waals surface area (Å²) in [6.07, 6.45) is 3.51. The fourth-order valence-corrected chi connectivity index (χ4v) is 3.33. The Morgan fingerprint density at radius 1 is 1.30 bits per heavy atom. The van der Waals surface area contributed by atoms with Gasteiger partial charge in [0.15, 0.2) is 0 Å². The summed E-state index contributed by atoms with van der Waals surface area (Å²) in [4.78, 5) is 0. The molecule has 1 aromatic rings. The number of hydrogen-bond acceptors (Lipinski definition) is 3. The number of fused-ring (bicyclic) bond motifs is 1. The molecule has 3 nitrogen and oxygen atoms in total. The highest BCUT2D eigenvalue weighted by atomic mass is 16.5. The lowest BCUT2D eigenvalue weighted by molar-refractivity contribution is 0.0239. The van der Waals surface area contributed by atoms with Gasteiger partial charge in [-0.05, 0) is 42.3 Å². The maximum absolute atomic E-state index is 5.47. The van der Waals surface area contributed by atoms with Gasteiger partial charge in [0.2, 0.25) is 0 Å². The van der Waals surface area contributed by atoms with E-state index in [2.05, 4.69) is 41.8 Å². The Morgan fingerprint density at radius 2 is 2.10 bits per heavy atom. The quantitative estimate of drug-likeness (QED) is 0.884. The molecule has 0 aliphatic carbocycles. The highest BCUT2D eigenvalue weighted by Crippen LogP contribution is 2.29. The molecule has 1 saturated heterocycles. The minimum absolute atomic E-state index is 0.409. The Balaban J connectivity index is 1.54. The molecule has 0 radical (unpaired) electrons. The Hall–Kier alpha value is -0.900. The van der Waals surface area contributed by atoms with E-state index in [0.717, 1.165) is 39.3 Å². The number of rotatable bonds is 4. The summed E-state index contributed by atoms with van der Waals surface area (Å²) < 4.78 is 5.47. The lowest BCUT2D eigenvalue weighted by Gasteiger charge is -2.35. The molecule has 1 unspecified atom stereocenters. The van der Waals surface area contributed by atoms with Crippen molar-refractivity contribution in [3.05, 3.63) is 35.4 Å². The molecule has 3 heteroatoms. The summed E-state index contributed by atoms with van der Waals surface area (Å²) in [7, 11) is 0. The van der Waals surface area contributed by atoms with Crippen LogP contribution in [0.4, 0.5) is 0 Å². The number of ether oxygens (including phenoxy) is 1. The zero-order chi connectivity index (χ0) is 13.8. The monoisotopic (exact) mass is 274 g/mol. The van der Waals surface area contributed by atoms with Crippen LogP contribution in [0.25, 0.3) is 0 Å². The smallest absolute Gasteiger partial charge is 0.0471 e. The van der Waals surface area contributed by atoms with E-state index in [9.17, 15) is 0 Å². The zero-order valence-corrected chi connectivity index (χ0v) is 12.5. The van der Waals surface area contributed by atoms with Gasteiger partial charge < -0.3 is 15.4 Å². The van der Waals surface area contributed by atoms with Crippen molar-refractivity contribution in [1.29, 1.82) is 0 Å². The Kier molecular flexibility index (Phi) is 4.39. The van der Waals surface area contributed by atoms with Crippen molar-refractivity contribution in [2.45, 2.75) is 32.2 Å². The standard InChI is InChI=1S/C17H26N2O/c1-17(7-10-20-11-8-17)13-18-12-16-15-5-3-2-4-14(15)6-9-19-16/h2-5,16,18-19H,6-13H2,1H3. The summed E-state index contributed by atoms with van der Waals surface area (Å²) in [5.41, 5.74) is 3.39. The van der Waals surface area contributed by atoms with E-state index in [1.54, 1.807) is 0 Å². The van der Waals surface area contributed by atoms with Crippen molar-refractivity contribution in [1.82, 2.24) is 10.6 Å². The summed E-state index contributed by atoms with van der Waals surface area (Å²) in [6.45, 7) is 7.43.